The second-order valence-electron chi connectivity index (χ2n) is 11.1. The summed E-state index contributed by atoms with van der Waals surface area (Å²) < 4.78 is 8.59. The third-order valence-corrected chi connectivity index (χ3v) is 7.93. The summed E-state index contributed by atoms with van der Waals surface area (Å²) in [5.74, 6) is 1.42. The quantitative estimate of drug-likeness (QED) is 0.200. The highest BCUT2D eigenvalue weighted by Gasteiger charge is 2.35. The molecule has 5 nitrogen and oxygen atoms in total. The summed E-state index contributed by atoms with van der Waals surface area (Å²) in [6.07, 6.45) is 3.05. The van der Waals surface area contributed by atoms with Crippen LogP contribution in [-0.4, -0.2) is 36.0 Å². The van der Waals surface area contributed by atoms with Gasteiger partial charge in [0.25, 0.3) is 5.91 Å². The normalized spacial score (nSPS) is 12.7. The van der Waals surface area contributed by atoms with Crippen molar-refractivity contribution in [3.05, 3.63) is 125 Å². The number of carbonyl (C=O) groups excluding carboxylic acids is 1. The van der Waals surface area contributed by atoms with Crippen molar-refractivity contribution in [2.24, 2.45) is 0 Å². The summed E-state index contributed by atoms with van der Waals surface area (Å²) >= 11 is 0. The number of nitrogens with zero attached hydrogens (tertiary/aromatic N) is 2. The average Bonchev–Trinajstić information content (AvgIpc) is 3.31. The largest absolute Gasteiger partial charge is 0.457 e. The molecule has 5 heteroatoms. The Kier molecular flexibility index (Phi) is 7.62. The summed E-state index contributed by atoms with van der Waals surface area (Å²) in [5.41, 5.74) is 7.03. The number of aryl methyl sites for hydroxylation is 2. The van der Waals surface area contributed by atoms with Crippen LogP contribution in [0.5, 0.6) is 11.5 Å². The molecule has 208 valence electrons. The molecule has 0 fully saturated rings. The van der Waals surface area contributed by atoms with Crippen molar-refractivity contribution in [1.29, 1.82) is 0 Å². The van der Waals surface area contributed by atoms with E-state index in [1.807, 2.05) is 36.4 Å². The molecule has 1 N–H and O–H groups in total. The summed E-state index contributed by atoms with van der Waals surface area (Å²) in [7, 11) is 4.18. The van der Waals surface area contributed by atoms with Crippen molar-refractivity contribution in [2.45, 2.75) is 38.6 Å². The van der Waals surface area contributed by atoms with Crippen LogP contribution in [0.2, 0.25) is 0 Å². The predicted octanol–water partition coefficient (Wildman–Crippen LogP) is 8.08. The molecular weight excluding hydrogens is 506 g/mol. The van der Waals surface area contributed by atoms with E-state index in [4.69, 9.17) is 4.74 Å². The van der Waals surface area contributed by atoms with Gasteiger partial charge in [-0.25, -0.2) is 0 Å². The maximum absolute atomic E-state index is 14.4. The van der Waals surface area contributed by atoms with Crippen LogP contribution in [0.15, 0.2) is 97.1 Å². The van der Waals surface area contributed by atoms with Gasteiger partial charge in [-0.1, -0.05) is 80.1 Å². The maximum Gasteiger partial charge on any atom is 0.272 e. The van der Waals surface area contributed by atoms with Crippen LogP contribution in [0, 0.1) is 0 Å². The number of aromatic nitrogens is 1. The van der Waals surface area contributed by atoms with Gasteiger partial charge in [0.05, 0.1) is 0 Å². The molecular formula is C36H37N3O2. The number of hydrogen-bond acceptors (Lipinski definition) is 3. The Balaban J connectivity index is 1.54. The van der Waals surface area contributed by atoms with Gasteiger partial charge in [0.15, 0.2) is 0 Å². The van der Waals surface area contributed by atoms with Crippen molar-refractivity contribution < 1.29 is 9.53 Å². The number of hydrogen-bond donors (Lipinski definition) is 1. The van der Waals surface area contributed by atoms with Gasteiger partial charge in [-0.15, -0.1) is 0 Å². The molecule has 0 saturated heterocycles. The Morgan fingerprint density at radius 3 is 2.15 bits per heavy atom. The molecule has 6 rings (SSSR count). The molecule has 0 bridgehead atoms. The lowest BCUT2D eigenvalue weighted by Gasteiger charge is -2.29. The van der Waals surface area contributed by atoms with Crippen molar-refractivity contribution in [2.75, 3.05) is 26.0 Å². The number of carbonyl (C=O) groups is 1. The SMILES string of the molecule is CCCc1ccc(NC(=O)c2c(C3c4ccccc4Oc4ccccc43)c3ccccc3n2CCCN(C)C)cc1. The highest BCUT2D eigenvalue weighted by molar-refractivity contribution is 6.09. The average molecular weight is 544 g/mol. The zero-order chi connectivity index (χ0) is 28.3. The minimum atomic E-state index is -0.149. The first kappa shape index (κ1) is 26.9. The van der Waals surface area contributed by atoms with Crippen molar-refractivity contribution in [3.8, 4) is 11.5 Å². The summed E-state index contributed by atoms with van der Waals surface area (Å²) in [6.45, 7) is 3.85. The van der Waals surface area contributed by atoms with Crippen molar-refractivity contribution >= 4 is 22.5 Å². The number of benzene rings is 4. The second-order valence-corrected chi connectivity index (χ2v) is 11.1. The van der Waals surface area contributed by atoms with Crippen LogP contribution < -0.4 is 10.1 Å². The fraction of sp³-hybridized carbons (Fsp3) is 0.250. The zero-order valence-electron chi connectivity index (χ0n) is 24.1. The molecule has 0 saturated carbocycles. The molecule has 0 atom stereocenters. The number of anilines is 1. The third kappa shape index (κ3) is 5.25. The van der Waals surface area contributed by atoms with Gasteiger partial charge in [0, 0.05) is 45.7 Å². The van der Waals surface area contributed by atoms with Crippen LogP contribution >= 0.6 is 0 Å². The molecule has 41 heavy (non-hydrogen) atoms. The van der Waals surface area contributed by atoms with E-state index in [2.05, 4.69) is 96.5 Å². The molecule has 5 aromatic rings. The first-order valence-corrected chi connectivity index (χ1v) is 14.6. The smallest absolute Gasteiger partial charge is 0.272 e. The van der Waals surface area contributed by atoms with E-state index in [1.54, 1.807) is 0 Å². The molecule has 4 aromatic carbocycles. The summed E-state index contributed by atoms with van der Waals surface area (Å²) in [4.78, 5) is 16.6. The van der Waals surface area contributed by atoms with Gasteiger partial charge in [-0.05, 0) is 69.4 Å². The highest BCUT2D eigenvalue weighted by atomic mass is 16.5. The zero-order valence-corrected chi connectivity index (χ0v) is 24.1. The van der Waals surface area contributed by atoms with Gasteiger partial charge in [-0.2, -0.15) is 0 Å². The van der Waals surface area contributed by atoms with E-state index in [1.165, 1.54) is 5.56 Å². The number of fused-ring (bicyclic) bond motifs is 3. The third-order valence-electron chi connectivity index (χ3n) is 7.93. The van der Waals surface area contributed by atoms with Gasteiger partial charge in [-0.3, -0.25) is 4.79 Å². The molecule has 1 aliphatic rings. The molecule has 1 amide bonds. The van der Waals surface area contributed by atoms with Crippen LogP contribution in [0.4, 0.5) is 5.69 Å². The molecule has 0 radical (unpaired) electrons. The number of ether oxygens (including phenoxy) is 1. The Morgan fingerprint density at radius 2 is 1.49 bits per heavy atom. The van der Waals surface area contributed by atoms with E-state index in [9.17, 15) is 4.79 Å². The number of amides is 1. The topological polar surface area (TPSA) is 46.5 Å². The highest BCUT2D eigenvalue weighted by Crippen LogP contribution is 2.50. The van der Waals surface area contributed by atoms with Gasteiger partial charge < -0.3 is 19.5 Å². The fourth-order valence-electron chi connectivity index (χ4n) is 6.10. The van der Waals surface area contributed by atoms with Crippen LogP contribution in [0.1, 0.15) is 58.4 Å². The van der Waals surface area contributed by atoms with Crippen LogP contribution in [0.3, 0.4) is 0 Å². The second kappa shape index (κ2) is 11.6. The van der Waals surface area contributed by atoms with Crippen LogP contribution in [-0.2, 0) is 13.0 Å². The monoisotopic (exact) mass is 543 g/mol. The summed E-state index contributed by atoms with van der Waals surface area (Å²) in [5, 5.41) is 4.35. The van der Waals surface area contributed by atoms with Gasteiger partial charge in [0.2, 0.25) is 0 Å². The first-order valence-electron chi connectivity index (χ1n) is 14.6. The number of nitrogens with one attached hydrogen (secondary N) is 1. The van der Waals surface area contributed by atoms with E-state index in [-0.39, 0.29) is 11.8 Å². The maximum atomic E-state index is 14.4. The summed E-state index contributed by atoms with van der Waals surface area (Å²) in [6, 6.07) is 33.1. The van der Waals surface area contributed by atoms with Crippen molar-refractivity contribution in [3.63, 3.8) is 0 Å². The Morgan fingerprint density at radius 1 is 0.854 bits per heavy atom. The fourth-order valence-corrected chi connectivity index (χ4v) is 6.10. The lowest BCUT2D eigenvalue weighted by atomic mass is 9.81. The van der Waals surface area contributed by atoms with E-state index in [0.717, 1.165) is 77.1 Å². The Labute approximate surface area is 242 Å². The predicted molar refractivity (Wildman–Crippen MR) is 167 cm³/mol. The number of para-hydroxylation sites is 3. The van der Waals surface area contributed by atoms with Crippen LogP contribution in [0.25, 0.3) is 10.9 Å². The molecule has 0 aliphatic carbocycles. The Hall–Kier alpha value is -4.35. The number of rotatable bonds is 9. The van der Waals surface area contributed by atoms with Crippen molar-refractivity contribution in [1.82, 2.24) is 9.47 Å². The first-order chi connectivity index (χ1) is 20.0. The van der Waals surface area contributed by atoms with E-state index >= 15 is 0 Å². The van der Waals surface area contributed by atoms with E-state index < -0.39 is 0 Å². The Bertz CT molecular complexity index is 1640. The van der Waals surface area contributed by atoms with E-state index in [0.29, 0.717) is 5.69 Å². The lowest BCUT2D eigenvalue weighted by Crippen LogP contribution is -2.22. The molecule has 2 heterocycles. The molecule has 0 spiro atoms. The lowest BCUT2D eigenvalue weighted by molar-refractivity contribution is 0.101. The van der Waals surface area contributed by atoms with Gasteiger partial charge in [0.1, 0.15) is 17.2 Å². The minimum Gasteiger partial charge on any atom is -0.457 e. The van der Waals surface area contributed by atoms with Gasteiger partial charge >= 0.3 is 0 Å². The minimum absolute atomic E-state index is 0.0919. The molecule has 1 aromatic heterocycles. The molecule has 0 unspecified atom stereocenters. The molecule has 1 aliphatic heterocycles. The standard InChI is InChI=1S/C36H37N3O2/c1-4-12-25-19-21-26(22-20-25)37-36(40)35-34(27-13-5-8-16-30(27)39(35)24-11-23-38(2)3)33-28-14-6-9-17-31(28)41-32-18-10-7-15-29(32)33/h5-10,13-22,33H,4,11-12,23-24H2,1-3H3,(H,37,40).